The predicted molar refractivity (Wildman–Crippen MR) is 98.2 cm³/mol. The van der Waals surface area contributed by atoms with E-state index in [-0.39, 0.29) is 37.8 Å². The zero-order chi connectivity index (χ0) is 20.5. The second-order valence-electron chi connectivity index (χ2n) is 7.15. The fraction of sp³-hybridized carbons (Fsp3) is 0.444. The number of hydrogen-bond acceptors (Lipinski definition) is 4. The first kappa shape index (κ1) is 20.4. The molecular weight excluding hydrogens is 390 g/mol. The molecule has 0 unspecified atom stereocenters. The number of aromatic amines is 1. The summed E-state index contributed by atoms with van der Waals surface area (Å²) in [5, 5.41) is 6.88. The van der Waals surface area contributed by atoms with E-state index >= 15 is 0 Å². The fourth-order valence-electron chi connectivity index (χ4n) is 3.12. The van der Waals surface area contributed by atoms with Gasteiger partial charge in [-0.25, -0.2) is 17.2 Å². The zero-order valence-corrected chi connectivity index (χ0v) is 16.5. The molecule has 0 atom stereocenters. The van der Waals surface area contributed by atoms with E-state index in [4.69, 9.17) is 0 Å². The monoisotopic (exact) mass is 412 g/mol. The molecule has 0 spiro atoms. The van der Waals surface area contributed by atoms with E-state index in [0.717, 1.165) is 28.6 Å². The van der Waals surface area contributed by atoms with Crippen LogP contribution < -0.4 is 0 Å². The van der Waals surface area contributed by atoms with Gasteiger partial charge in [0.2, 0.25) is 10.0 Å². The van der Waals surface area contributed by atoms with Crippen molar-refractivity contribution in [2.24, 2.45) is 5.92 Å². The van der Waals surface area contributed by atoms with E-state index in [9.17, 15) is 22.0 Å². The van der Waals surface area contributed by atoms with Gasteiger partial charge in [0.25, 0.3) is 5.91 Å². The van der Waals surface area contributed by atoms with E-state index < -0.39 is 26.6 Å². The molecule has 2 aromatic rings. The summed E-state index contributed by atoms with van der Waals surface area (Å²) in [7, 11) is -4.18. The molecule has 0 radical (unpaired) electrons. The van der Waals surface area contributed by atoms with Crippen molar-refractivity contribution in [3.05, 3.63) is 47.3 Å². The van der Waals surface area contributed by atoms with Crippen molar-refractivity contribution >= 4 is 15.9 Å². The molecule has 7 nitrogen and oxygen atoms in total. The van der Waals surface area contributed by atoms with Crippen LogP contribution in [0.5, 0.6) is 0 Å². The highest BCUT2D eigenvalue weighted by molar-refractivity contribution is 7.89. The lowest BCUT2D eigenvalue weighted by Crippen LogP contribution is -2.50. The summed E-state index contributed by atoms with van der Waals surface area (Å²) < 4.78 is 53.5. The number of amides is 1. The molecule has 1 aromatic carbocycles. The SMILES string of the molecule is CC(C)Cc1cc(C(=O)N2CCN(S(=O)(=O)c3cc(F)ccc3F)CC2)n[nH]1. The number of rotatable bonds is 5. The number of H-pyrrole nitrogens is 1. The zero-order valence-electron chi connectivity index (χ0n) is 15.7. The maximum atomic E-state index is 13.9. The Kier molecular flexibility index (Phi) is 5.80. The van der Waals surface area contributed by atoms with E-state index in [1.807, 2.05) is 0 Å². The molecule has 1 saturated heterocycles. The van der Waals surface area contributed by atoms with Crippen LogP contribution in [0.3, 0.4) is 0 Å². The van der Waals surface area contributed by atoms with Gasteiger partial charge in [0.15, 0.2) is 0 Å². The van der Waals surface area contributed by atoms with Crippen molar-refractivity contribution in [2.75, 3.05) is 26.2 Å². The number of carbonyl (C=O) groups is 1. The number of piperazine rings is 1. The first-order valence-corrected chi connectivity index (χ1v) is 10.4. The first-order valence-electron chi connectivity index (χ1n) is 8.97. The molecule has 1 N–H and O–H groups in total. The first-order chi connectivity index (χ1) is 13.2. The molecule has 1 aliphatic rings. The van der Waals surface area contributed by atoms with Crippen molar-refractivity contribution in [3.8, 4) is 0 Å². The summed E-state index contributed by atoms with van der Waals surface area (Å²) in [5.41, 5.74) is 1.14. The molecule has 0 aliphatic carbocycles. The van der Waals surface area contributed by atoms with Crippen molar-refractivity contribution in [3.63, 3.8) is 0 Å². The minimum Gasteiger partial charge on any atom is -0.335 e. The van der Waals surface area contributed by atoms with Crippen LogP contribution in [-0.4, -0.2) is 59.9 Å². The van der Waals surface area contributed by atoms with Crippen LogP contribution in [-0.2, 0) is 16.4 Å². The second-order valence-corrected chi connectivity index (χ2v) is 9.05. The third-order valence-electron chi connectivity index (χ3n) is 4.52. The van der Waals surface area contributed by atoms with Gasteiger partial charge in [0.1, 0.15) is 22.2 Å². The van der Waals surface area contributed by atoms with Crippen LogP contribution >= 0.6 is 0 Å². The van der Waals surface area contributed by atoms with E-state index in [2.05, 4.69) is 24.0 Å². The number of benzene rings is 1. The molecule has 1 fully saturated rings. The van der Waals surface area contributed by atoms with Crippen LogP contribution in [0.1, 0.15) is 30.0 Å². The minimum absolute atomic E-state index is 0.00665. The molecule has 1 amide bonds. The quantitative estimate of drug-likeness (QED) is 0.814. The summed E-state index contributed by atoms with van der Waals surface area (Å²) in [4.78, 5) is 13.4. The molecule has 1 aliphatic heterocycles. The number of nitrogens with one attached hydrogen (secondary N) is 1. The summed E-state index contributed by atoms with van der Waals surface area (Å²) in [6.45, 7) is 4.39. The highest BCUT2D eigenvalue weighted by Crippen LogP contribution is 2.22. The summed E-state index contributed by atoms with van der Waals surface area (Å²) in [6.07, 6.45) is 0.769. The Morgan fingerprint density at radius 1 is 1.18 bits per heavy atom. The standard InChI is InChI=1S/C18H22F2N4O3S/c1-12(2)9-14-11-16(22-21-14)18(25)23-5-7-24(8-6-23)28(26,27)17-10-13(19)3-4-15(17)20/h3-4,10-12H,5-9H2,1-2H3,(H,21,22). The number of halogens is 2. The molecule has 1 aromatic heterocycles. The number of carbonyl (C=O) groups excluding carboxylic acids is 1. The van der Waals surface area contributed by atoms with Gasteiger partial charge in [-0.3, -0.25) is 9.89 Å². The van der Waals surface area contributed by atoms with Crippen LogP contribution in [0, 0.1) is 17.6 Å². The normalized spacial score (nSPS) is 16.0. The summed E-state index contributed by atoms with van der Waals surface area (Å²) in [6, 6.07) is 4.02. The molecule has 2 heterocycles. The molecule has 0 bridgehead atoms. The third kappa shape index (κ3) is 4.22. The lowest BCUT2D eigenvalue weighted by atomic mass is 10.1. The minimum atomic E-state index is -4.18. The summed E-state index contributed by atoms with van der Waals surface area (Å²) >= 11 is 0. The van der Waals surface area contributed by atoms with Crippen LogP contribution in [0.2, 0.25) is 0 Å². The molecular formula is C18H22F2N4O3S. The van der Waals surface area contributed by atoms with Gasteiger partial charge in [-0.15, -0.1) is 0 Å². The average molecular weight is 412 g/mol. The lowest BCUT2D eigenvalue weighted by Gasteiger charge is -2.33. The third-order valence-corrected chi connectivity index (χ3v) is 6.43. The number of sulfonamides is 1. The van der Waals surface area contributed by atoms with E-state index in [1.54, 1.807) is 6.07 Å². The van der Waals surface area contributed by atoms with Crippen LogP contribution in [0.25, 0.3) is 0 Å². The Morgan fingerprint density at radius 3 is 2.50 bits per heavy atom. The van der Waals surface area contributed by atoms with Gasteiger partial charge in [-0.1, -0.05) is 13.8 Å². The lowest BCUT2D eigenvalue weighted by molar-refractivity contribution is 0.0691. The predicted octanol–water partition coefficient (Wildman–Crippen LogP) is 2.03. The topological polar surface area (TPSA) is 86.4 Å². The van der Waals surface area contributed by atoms with Gasteiger partial charge >= 0.3 is 0 Å². The number of nitrogens with zero attached hydrogens (tertiary/aromatic N) is 3. The van der Waals surface area contributed by atoms with Gasteiger partial charge in [-0.05, 0) is 36.6 Å². The smallest absolute Gasteiger partial charge is 0.274 e. The second kappa shape index (κ2) is 7.96. The molecule has 3 rings (SSSR count). The molecule has 152 valence electrons. The molecule has 10 heteroatoms. The number of aromatic nitrogens is 2. The van der Waals surface area contributed by atoms with E-state index in [1.165, 1.54) is 4.90 Å². The van der Waals surface area contributed by atoms with Crippen molar-refractivity contribution in [2.45, 2.75) is 25.2 Å². The van der Waals surface area contributed by atoms with Crippen LogP contribution in [0.15, 0.2) is 29.2 Å². The fourth-order valence-corrected chi connectivity index (χ4v) is 4.62. The highest BCUT2D eigenvalue weighted by atomic mass is 32.2. The van der Waals surface area contributed by atoms with Crippen molar-refractivity contribution in [1.29, 1.82) is 0 Å². The van der Waals surface area contributed by atoms with Crippen molar-refractivity contribution in [1.82, 2.24) is 19.4 Å². The molecule has 0 saturated carbocycles. The Morgan fingerprint density at radius 2 is 1.86 bits per heavy atom. The Bertz CT molecular complexity index is 967. The average Bonchev–Trinajstić information content (AvgIpc) is 3.10. The maximum Gasteiger partial charge on any atom is 0.274 e. The Hall–Kier alpha value is -2.33. The van der Waals surface area contributed by atoms with Gasteiger partial charge in [0.05, 0.1) is 0 Å². The Labute approximate surface area is 162 Å². The van der Waals surface area contributed by atoms with E-state index in [0.29, 0.717) is 12.0 Å². The largest absolute Gasteiger partial charge is 0.335 e. The van der Waals surface area contributed by atoms with Gasteiger partial charge in [0, 0.05) is 31.9 Å². The summed E-state index contributed by atoms with van der Waals surface area (Å²) in [5.74, 6) is -1.71. The maximum absolute atomic E-state index is 13.9. The molecule has 28 heavy (non-hydrogen) atoms. The highest BCUT2D eigenvalue weighted by Gasteiger charge is 2.33. The van der Waals surface area contributed by atoms with Crippen molar-refractivity contribution < 1.29 is 22.0 Å². The van der Waals surface area contributed by atoms with Crippen LogP contribution in [0.4, 0.5) is 8.78 Å². The Balaban J connectivity index is 1.67. The number of hydrogen-bond donors (Lipinski definition) is 1. The van der Waals surface area contributed by atoms with Gasteiger partial charge in [-0.2, -0.15) is 9.40 Å². The van der Waals surface area contributed by atoms with Gasteiger partial charge < -0.3 is 4.90 Å².